The predicted molar refractivity (Wildman–Crippen MR) is 101 cm³/mol. The fourth-order valence-corrected chi connectivity index (χ4v) is 5.19. The van der Waals surface area contributed by atoms with Gasteiger partial charge in [-0.15, -0.1) is 11.3 Å². The second-order valence-corrected chi connectivity index (χ2v) is 8.72. The summed E-state index contributed by atoms with van der Waals surface area (Å²) in [7, 11) is 0. The first-order valence-corrected chi connectivity index (χ1v) is 10.2. The maximum atomic E-state index is 12.0. The molecule has 2 aromatic rings. The molecule has 3 amide bonds. The van der Waals surface area contributed by atoms with Crippen molar-refractivity contribution in [1.82, 2.24) is 20.6 Å². The summed E-state index contributed by atoms with van der Waals surface area (Å²) in [5.74, 6) is 0.529. The summed E-state index contributed by atoms with van der Waals surface area (Å²) in [5, 5.41) is 6.91. The molecule has 3 rings (SSSR count). The van der Waals surface area contributed by atoms with Gasteiger partial charge in [0.1, 0.15) is 16.2 Å². The third kappa shape index (κ3) is 4.30. The molecule has 134 valence electrons. The molecule has 6 nitrogen and oxygen atoms in total. The number of amides is 3. The number of nitrogens with zero attached hydrogens (tertiary/aromatic N) is 2. The molecule has 0 fully saturated rings. The van der Waals surface area contributed by atoms with Crippen LogP contribution in [0.2, 0.25) is 0 Å². The predicted octanol–water partition coefficient (Wildman–Crippen LogP) is 3.14. The Kier molecular flexibility index (Phi) is 5.58. The lowest BCUT2D eigenvalue weighted by molar-refractivity contribution is -0.117. The Bertz CT molecular complexity index is 803. The van der Waals surface area contributed by atoms with Gasteiger partial charge in [-0.3, -0.25) is 10.1 Å². The van der Waals surface area contributed by atoms with Crippen LogP contribution in [-0.2, 0) is 17.6 Å². The molecule has 0 spiro atoms. The monoisotopic (exact) mass is 378 g/mol. The van der Waals surface area contributed by atoms with Gasteiger partial charge in [-0.25, -0.2) is 14.8 Å². The smallest absolute Gasteiger partial charge is 0.321 e. The second-order valence-electron chi connectivity index (χ2n) is 6.68. The Labute approximate surface area is 155 Å². The fraction of sp³-hybridized carbons (Fsp3) is 0.529. The topological polar surface area (TPSA) is 84.0 Å². The Morgan fingerprint density at radius 2 is 2.20 bits per heavy atom. The van der Waals surface area contributed by atoms with Crippen molar-refractivity contribution in [3.63, 3.8) is 0 Å². The molecule has 0 saturated heterocycles. The number of rotatable bonds is 4. The number of thiophene rings is 1. The summed E-state index contributed by atoms with van der Waals surface area (Å²) in [6.45, 7) is 5.97. The highest BCUT2D eigenvalue weighted by atomic mass is 32.2. The van der Waals surface area contributed by atoms with Crippen molar-refractivity contribution in [1.29, 1.82) is 0 Å². The summed E-state index contributed by atoms with van der Waals surface area (Å²) in [5.41, 5.74) is 1.35. The largest absolute Gasteiger partial charge is 0.336 e. The highest BCUT2D eigenvalue weighted by molar-refractivity contribution is 8.00. The van der Waals surface area contributed by atoms with E-state index >= 15 is 0 Å². The minimum absolute atomic E-state index is 0.0123. The van der Waals surface area contributed by atoms with Crippen LogP contribution in [0.15, 0.2) is 11.4 Å². The number of nitrogens with one attached hydrogen (secondary N) is 2. The van der Waals surface area contributed by atoms with E-state index in [-0.39, 0.29) is 17.7 Å². The van der Waals surface area contributed by atoms with Crippen LogP contribution in [0.25, 0.3) is 10.2 Å². The summed E-state index contributed by atoms with van der Waals surface area (Å²) in [6.07, 6.45) is 4.86. The minimum atomic E-state index is -0.463. The van der Waals surface area contributed by atoms with Gasteiger partial charge in [0.2, 0.25) is 5.91 Å². The third-order valence-corrected chi connectivity index (χ3v) is 6.22. The minimum Gasteiger partial charge on any atom is -0.336 e. The summed E-state index contributed by atoms with van der Waals surface area (Å²) < 4.78 is 0. The first kappa shape index (κ1) is 18.1. The zero-order valence-corrected chi connectivity index (χ0v) is 16.2. The van der Waals surface area contributed by atoms with E-state index in [1.165, 1.54) is 28.6 Å². The number of thioether (sulfide) groups is 1. The number of hydrogen-bond acceptors (Lipinski definition) is 6. The van der Waals surface area contributed by atoms with Gasteiger partial charge in [0.15, 0.2) is 0 Å². The number of aromatic nitrogens is 2. The molecule has 1 aliphatic carbocycles. The van der Waals surface area contributed by atoms with Crippen LogP contribution in [0, 0.1) is 5.92 Å². The molecule has 1 aliphatic rings. The fourth-order valence-electron chi connectivity index (χ4n) is 2.95. The molecule has 1 atom stereocenters. The van der Waals surface area contributed by atoms with Crippen LogP contribution in [0.4, 0.5) is 4.79 Å². The average molecular weight is 379 g/mol. The summed E-state index contributed by atoms with van der Waals surface area (Å²) in [6, 6.07) is -0.475. The van der Waals surface area contributed by atoms with Crippen molar-refractivity contribution >= 4 is 45.3 Å². The number of urea groups is 1. The number of carbonyl (C=O) groups excluding carboxylic acids is 2. The van der Waals surface area contributed by atoms with Gasteiger partial charge < -0.3 is 5.32 Å². The average Bonchev–Trinajstić information content (AvgIpc) is 2.89. The zero-order chi connectivity index (χ0) is 18.0. The normalized spacial score (nSPS) is 16.7. The van der Waals surface area contributed by atoms with Crippen LogP contribution >= 0.6 is 23.1 Å². The SMILES string of the molecule is CC(C)NC(=O)NC(=O)CSc1ncnc2sc3c(c12)CC[C@H](C)C3. The second kappa shape index (κ2) is 7.70. The molecule has 0 aliphatic heterocycles. The lowest BCUT2D eigenvalue weighted by Gasteiger charge is -2.18. The first-order chi connectivity index (χ1) is 11.9. The van der Waals surface area contributed by atoms with Crippen LogP contribution in [0.1, 0.15) is 37.6 Å². The van der Waals surface area contributed by atoms with Crippen LogP contribution in [0.5, 0.6) is 0 Å². The van der Waals surface area contributed by atoms with Crippen molar-refractivity contribution in [2.75, 3.05) is 5.75 Å². The van der Waals surface area contributed by atoms with Crippen LogP contribution < -0.4 is 10.6 Å². The van der Waals surface area contributed by atoms with Gasteiger partial charge in [-0.2, -0.15) is 0 Å². The lowest BCUT2D eigenvalue weighted by atomic mass is 9.89. The molecule has 0 aromatic carbocycles. The Hall–Kier alpha value is -1.67. The maximum Gasteiger partial charge on any atom is 0.321 e. The molecule has 2 N–H and O–H groups in total. The molecule has 8 heteroatoms. The van der Waals surface area contributed by atoms with Crippen molar-refractivity contribution < 1.29 is 9.59 Å². The van der Waals surface area contributed by atoms with Crippen molar-refractivity contribution in [3.8, 4) is 0 Å². The molecule has 0 bridgehead atoms. The zero-order valence-electron chi connectivity index (χ0n) is 14.6. The summed E-state index contributed by atoms with van der Waals surface area (Å²) in [4.78, 5) is 34.8. The Balaban J connectivity index is 1.72. The van der Waals surface area contributed by atoms with Gasteiger partial charge in [0.25, 0.3) is 0 Å². The van der Waals surface area contributed by atoms with Crippen molar-refractivity contribution in [2.24, 2.45) is 5.92 Å². The number of hydrogen-bond donors (Lipinski definition) is 2. The van der Waals surface area contributed by atoms with E-state index in [2.05, 4.69) is 27.5 Å². The number of aryl methyl sites for hydroxylation is 1. The Morgan fingerprint density at radius 3 is 2.96 bits per heavy atom. The molecular formula is C17H22N4O2S2. The highest BCUT2D eigenvalue weighted by Gasteiger charge is 2.23. The molecule has 2 heterocycles. The van der Waals surface area contributed by atoms with E-state index in [4.69, 9.17) is 0 Å². The van der Waals surface area contributed by atoms with Gasteiger partial charge in [0, 0.05) is 16.3 Å². The lowest BCUT2D eigenvalue weighted by Crippen LogP contribution is -2.43. The molecule has 0 saturated carbocycles. The Morgan fingerprint density at radius 1 is 1.40 bits per heavy atom. The maximum absolute atomic E-state index is 12.0. The van der Waals surface area contributed by atoms with E-state index in [1.807, 2.05) is 13.8 Å². The summed E-state index contributed by atoms with van der Waals surface area (Å²) >= 11 is 3.10. The van der Waals surface area contributed by atoms with Gasteiger partial charge in [0.05, 0.1) is 5.75 Å². The van der Waals surface area contributed by atoms with Crippen molar-refractivity contribution in [2.45, 2.75) is 51.1 Å². The van der Waals surface area contributed by atoms with E-state index in [0.717, 1.165) is 28.1 Å². The number of fused-ring (bicyclic) bond motifs is 3. The van der Waals surface area contributed by atoms with Gasteiger partial charge >= 0.3 is 6.03 Å². The molecule has 2 aromatic heterocycles. The van der Waals surface area contributed by atoms with Crippen molar-refractivity contribution in [3.05, 3.63) is 16.8 Å². The van der Waals surface area contributed by atoms with Crippen LogP contribution in [-0.4, -0.2) is 33.7 Å². The van der Waals surface area contributed by atoms with Crippen LogP contribution in [0.3, 0.4) is 0 Å². The van der Waals surface area contributed by atoms with E-state index < -0.39 is 6.03 Å². The van der Waals surface area contributed by atoms with E-state index in [1.54, 1.807) is 17.7 Å². The molecule has 25 heavy (non-hydrogen) atoms. The molecular weight excluding hydrogens is 356 g/mol. The number of carbonyl (C=O) groups is 2. The molecule has 0 unspecified atom stereocenters. The third-order valence-electron chi connectivity index (χ3n) is 4.07. The van der Waals surface area contributed by atoms with Gasteiger partial charge in [-0.1, -0.05) is 18.7 Å². The quantitative estimate of drug-likeness (QED) is 0.631. The van der Waals surface area contributed by atoms with E-state index in [9.17, 15) is 9.59 Å². The molecule has 0 radical (unpaired) electrons. The highest BCUT2D eigenvalue weighted by Crippen LogP contribution is 2.40. The van der Waals surface area contributed by atoms with E-state index in [0.29, 0.717) is 5.92 Å². The first-order valence-electron chi connectivity index (χ1n) is 8.42. The standard InChI is InChI=1S/C17H22N4O2S2/c1-9(2)20-17(23)21-13(22)7-24-15-14-11-5-4-10(3)6-12(11)25-16(14)19-8-18-15/h8-10H,4-7H2,1-3H3,(H2,20,21,22,23)/t10-/m0/s1. The van der Waals surface area contributed by atoms with Gasteiger partial charge in [-0.05, 0) is 44.6 Å². The number of imide groups is 1.